The van der Waals surface area contributed by atoms with Gasteiger partial charge in [0.15, 0.2) is 0 Å². The van der Waals surface area contributed by atoms with Crippen LogP contribution in [0.3, 0.4) is 0 Å². The van der Waals surface area contributed by atoms with E-state index in [1.54, 1.807) is 12.1 Å². The predicted molar refractivity (Wildman–Crippen MR) is 98.1 cm³/mol. The molecule has 0 atom stereocenters. The fraction of sp³-hybridized carbons (Fsp3) is 0.364. The summed E-state index contributed by atoms with van der Waals surface area (Å²) < 4.78 is 13.7. The summed E-state index contributed by atoms with van der Waals surface area (Å²) in [7, 11) is 0. The molecule has 0 saturated heterocycles. The summed E-state index contributed by atoms with van der Waals surface area (Å²) in [6, 6.07) is 15.5. The summed E-state index contributed by atoms with van der Waals surface area (Å²) in [5.74, 6) is -0.200. The zero-order valence-corrected chi connectivity index (χ0v) is 15.1. The first-order valence-electron chi connectivity index (χ1n) is 8.16. The van der Waals surface area contributed by atoms with Crippen LogP contribution < -0.4 is 0 Å². The molecule has 0 aliphatic carbocycles. The van der Waals surface area contributed by atoms with E-state index in [0.717, 1.165) is 16.7 Å². The van der Waals surface area contributed by atoms with Gasteiger partial charge in [-0.2, -0.15) is 0 Å². The number of benzene rings is 2. The molecule has 0 amide bonds. The van der Waals surface area contributed by atoms with Crippen molar-refractivity contribution in [3.05, 3.63) is 77.1 Å². The van der Waals surface area contributed by atoms with Crippen molar-refractivity contribution in [3.8, 4) is 0 Å². The van der Waals surface area contributed by atoms with Crippen molar-refractivity contribution < 1.29 is 4.39 Å². The van der Waals surface area contributed by atoms with Gasteiger partial charge in [-0.3, -0.25) is 0 Å². The van der Waals surface area contributed by atoms with Crippen molar-refractivity contribution in [2.24, 2.45) is 5.41 Å². The van der Waals surface area contributed by atoms with Crippen LogP contribution in [0.5, 0.6) is 0 Å². The van der Waals surface area contributed by atoms with Crippen molar-refractivity contribution in [1.82, 2.24) is 0 Å². The first kappa shape index (κ1) is 17.5. The molecule has 0 bridgehead atoms. The molecule has 0 radical (unpaired) electrons. The van der Waals surface area contributed by atoms with Crippen LogP contribution in [0.15, 0.2) is 54.6 Å². The molecular weight excluding hydrogens is 283 g/mol. The molecule has 0 spiro atoms. The Balaban J connectivity index is 2.53. The normalized spacial score (nSPS) is 13.3. The zero-order chi connectivity index (χ0) is 17.3. The van der Waals surface area contributed by atoms with E-state index in [4.69, 9.17) is 0 Å². The Kier molecular flexibility index (Phi) is 4.79. The molecule has 0 heterocycles. The van der Waals surface area contributed by atoms with Gasteiger partial charge in [0, 0.05) is 0 Å². The van der Waals surface area contributed by atoms with Gasteiger partial charge in [0.1, 0.15) is 5.82 Å². The smallest absolute Gasteiger partial charge is 0.123 e. The Bertz CT molecular complexity index is 692. The van der Waals surface area contributed by atoms with Crippen LogP contribution in [0.25, 0.3) is 5.57 Å². The van der Waals surface area contributed by atoms with Gasteiger partial charge in [0.2, 0.25) is 0 Å². The van der Waals surface area contributed by atoms with Gasteiger partial charge in [-0.15, -0.1) is 0 Å². The summed E-state index contributed by atoms with van der Waals surface area (Å²) in [6.07, 6.45) is 2.22. The molecule has 1 heteroatoms. The van der Waals surface area contributed by atoms with E-state index in [2.05, 4.69) is 71.9 Å². The topological polar surface area (TPSA) is 0 Å². The monoisotopic (exact) mass is 310 g/mol. The van der Waals surface area contributed by atoms with Crippen LogP contribution >= 0.6 is 0 Å². The van der Waals surface area contributed by atoms with E-state index in [9.17, 15) is 4.39 Å². The molecule has 2 aromatic rings. The second kappa shape index (κ2) is 6.31. The van der Waals surface area contributed by atoms with Gasteiger partial charge in [-0.25, -0.2) is 4.39 Å². The molecule has 0 fully saturated rings. The van der Waals surface area contributed by atoms with Crippen LogP contribution in [0.4, 0.5) is 4.39 Å². The Hall–Kier alpha value is -1.89. The Labute approximate surface area is 140 Å². The van der Waals surface area contributed by atoms with E-state index >= 15 is 0 Å². The first-order valence-corrected chi connectivity index (χ1v) is 8.16. The maximum atomic E-state index is 13.7. The SMILES string of the molecule is CC(C)(C)/C=C(/c1ccc(C(C)(C)C)cc1)c1cccc(F)c1. The van der Waals surface area contributed by atoms with Gasteiger partial charge in [0.25, 0.3) is 0 Å². The average Bonchev–Trinajstić information content (AvgIpc) is 2.43. The highest BCUT2D eigenvalue weighted by molar-refractivity contribution is 5.80. The van der Waals surface area contributed by atoms with E-state index in [-0.39, 0.29) is 16.6 Å². The lowest BCUT2D eigenvalue weighted by Gasteiger charge is -2.21. The lowest BCUT2D eigenvalue weighted by atomic mass is 9.84. The molecule has 0 saturated carbocycles. The van der Waals surface area contributed by atoms with Crippen molar-refractivity contribution in [2.45, 2.75) is 47.0 Å². The molecule has 0 aliphatic heterocycles. The lowest BCUT2D eigenvalue weighted by Crippen LogP contribution is -2.10. The second-order valence-corrected chi connectivity index (χ2v) is 8.26. The van der Waals surface area contributed by atoms with Gasteiger partial charge < -0.3 is 0 Å². The summed E-state index contributed by atoms with van der Waals surface area (Å²) in [6.45, 7) is 13.1. The molecule has 0 nitrogen and oxygen atoms in total. The summed E-state index contributed by atoms with van der Waals surface area (Å²) in [4.78, 5) is 0. The number of halogens is 1. The van der Waals surface area contributed by atoms with Gasteiger partial charge >= 0.3 is 0 Å². The fourth-order valence-electron chi connectivity index (χ4n) is 2.57. The van der Waals surface area contributed by atoms with Crippen molar-refractivity contribution in [1.29, 1.82) is 0 Å². The van der Waals surface area contributed by atoms with Crippen LogP contribution in [0.1, 0.15) is 58.2 Å². The molecule has 0 aromatic heterocycles. The minimum atomic E-state index is -0.200. The molecule has 2 aromatic carbocycles. The summed E-state index contributed by atoms with van der Waals surface area (Å²) in [5.41, 5.74) is 4.57. The second-order valence-electron chi connectivity index (χ2n) is 8.26. The third kappa shape index (κ3) is 4.79. The van der Waals surface area contributed by atoms with Crippen LogP contribution in [0.2, 0.25) is 0 Å². The van der Waals surface area contributed by atoms with E-state index in [1.165, 1.54) is 11.6 Å². The molecule has 122 valence electrons. The summed E-state index contributed by atoms with van der Waals surface area (Å²) in [5, 5.41) is 0. The minimum absolute atomic E-state index is 0.0182. The fourth-order valence-corrected chi connectivity index (χ4v) is 2.57. The van der Waals surface area contributed by atoms with Gasteiger partial charge in [0.05, 0.1) is 0 Å². The number of rotatable bonds is 2. The highest BCUT2D eigenvalue weighted by atomic mass is 19.1. The lowest BCUT2D eigenvalue weighted by molar-refractivity contribution is 0.545. The van der Waals surface area contributed by atoms with Crippen molar-refractivity contribution in [2.75, 3.05) is 0 Å². The third-order valence-electron chi connectivity index (χ3n) is 3.77. The van der Waals surface area contributed by atoms with Crippen LogP contribution in [0, 0.1) is 11.2 Å². The highest BCUT2D eigenvalue weighted by Crippen LogP contribution is 2.31. The van der Waals surface area contributed by atoms with Crippen LogP contribution in [-0.2, 0) is 5.41 Å². The molecule has 0 aliphatic rings. The van der Waals surface area contributed by atoms with E-state index < -0.39 is 0 Å². The summed E-state index contributed by atoms with van der Waals surface area (Å²) >= 11 is 0. The largest absolute Gasteiger partial charge is 0.207 e. The Morgan fingerprint density at radius 2 is 1.43 bits per heavy atom. The van der Waals surface area contributed by atoms with Gasteiger partial charge in [-0.05, 0) is 45.2 Å². The Morgan fingerprint density at radius 1 is 0.826 bits per heavy atom. The quantitative estimate of drug-likeness (QED) is 0.586. The molecule has 0 N–H and O–H groups in total. The highest BCUT2D eigenvalue weighted by Gasteiger charge is 2.16. The standard InChI is InChI=1S/C22H27F/c1-21(2,3)15-20(17-8-7-9-19(23)14-17)16-10-12-18(13-11-16)22(4,5)6/h7-15H,1-6H3/b20-15-. The third-order valence-corrected chi connectivity index (χ3v) is 3.77. The van der Waals surface area contributed by atoms with Gasteiger partial charge in [-0.1, -0.05) is 84.0 Å². The molecule has 23 heavy (non-hydrogen) atoms. The molecule has 2 rings (SSSR count). The zero-order valence-electron chi connectivity index (χ0n) is 15.1. The molecule has 0 unspecified atom stereocenters. The van der Waals surface area contributed by atoms with Crippen molar-refractivity contribution >= 4 is 5.57 Å². The minimum Gasteiger partial charge on any atom is -0.207 e. The maximum Gasteiger partial charge on any atom is 0.123 e. The maximum absolute atomic E-state index is 13.7. The van der Waals surface area contributed by atoms with Crippen molar-refractivity contribution in [3.63, 3.8) is 0 Å². The number of hydrogen-bond donors (Lipinski definition) is 0. The van der Waals surface area contributed by atoms with Crippen LogP contribution in [-0.4, -0.2) is 0 Å². The average molecular weight is 310 g/mol. The number of hydrogen-bond acceptors (Lipinski definition) is 0. The predicted octanol–water partition coefficient (Wildman–Crippen LogP) is 6.60. The Morgan fingerprint density at radius 3 is 1.91 bits per heavy atom. The van der Waals surface area contributed by atoms with E-state index in [0.29, 0.717) is 0 Å². The number of allylic oxidation sites excluding steroid dienone is 1. The van der Waals surface area contributed by atoms with E-state index in [1.807, 2.05) is 6.07 Å². The first-order chi connectivity index (χ1) is 10.6. The molecular formula is C22H27F.